The lowest BCUT2D eigenvalue weighted by molar-refractivity contribution is -0.114. The zero-order chi connectivity index (χ0) is 6.85. The first-order valence-electron chi connectivity index (χ1n) is 3.14. The van der Waals surface area contributed by atoms with Crippen molar-refractivity contribution in [3.8, 4) is 0 Å². The van der Waals surface area contributed by atoms with Gasteiger partial charge >= 0.3 is 0 Å². The number of hydrogen-bond acceptors (Lipinski definition) is 1. The Hall–Kier alpha value is -0.850. The number of carbonyl (C=O) groups is 1. The molecule has 0 aromatic heterocycles. The van der Waals surface area contributed by atoms with Crippen molar-refractivity contribution in [2.24, 2.45) is 0 Å². The Labute approximate surface area is 55.1 Å². The fraction of sp³-hybridized carbons (Fsp3) is 0.375. The molecular weight excluding hydrogens is 112 g/mol. The molecule has 48 valence electrons. The molecule has 0 heterocycles. The largest absolute Gasteiger partial charge is 0.289 e. The van der Waals surface area contributed by atoms with Gasteiger partial charge in [-0.15, -0.1) is 0 Å². The van der Waals surface area contributed by atoms with Crippen LogP contribution < -0.4 is 0 Å². The van der Waals surface area contributed by atoms with E-state index in [9.17, 15) is 4.79 Å². The Bertz CT molecular complexity index is 177. The predicted molar refractivity (Wildman–Crippen MR) is 37.1 cm³/mol. The lowest BCUT2D eigenvalue weighted by Crippen LogP contribution is -2.18. The van der Waals surface area contributed by atoms with E-state index in [4.69, 9.17) is 0 Å². The quantitative estimate of drug-likeness (QED) is 0.448. The summed E-state index contributed by atoms with van der Waals surface area (Å²) in [6.45, 7) is 3.80. The second-order valence-electron chi connectivity index (χ2n) is 2.13. The van der Waals surface area contributed by atoms with Crippen molar-refractivity contribution < 1.29 is 4.79 Å². The highest BCUT2D eigenvalue weighted by Gasteiger charge is 2.24. The van der Waals surface area contributed by atoms with Gasteiger partial charge in [0.1, 0.15) is 0 Å². The molecular formula is C8H10O. The minimum atomic E-state index is 0.236. The molecule has 1 heteroatoms. The third-order valence-corrected chi connectivity index (χ3v) is 1.66. The van der Waals surface area contributed by atoms with Crippen molar-refractivity contribution in [3.63, 3.8) is 0 Å². The molecule has 1 nitrogen and oxygen atoms in total. The van der Waals surface area contributed by atoms with Crippen LogP contribution in [0.25, 0.3) is 0 Å². The van der Waals surface area contributed by atoms with E-state index in [0.717, 1.165) is 17.6 Å². The van der Waals surface area contributed by atoms with Gasteiger partial charge in [-0.05, 0) is 25.0 Å². The highest BCUT2D eigenvalue weighted by atomic mass is 16.1. The Morgan fingerprint density at radius 2 is 1.67 bits per heavy atom. The maximum atomic E-state index is 10.9. The SMILES string of the molecule is C/C=C1\C/C(=C\C)C1=O. The van der Waals surface area contributed by atoms with Crippen molar-refractivity contribution in [1.82, 2.24) is 0 Å². The number of Topliss-reactive ketones (excluding diaryl/α,β-unsaturated/α-hetero) is 1. The van der Waals surface area contributed by atoms with Gasteiger partial charge in [-0.1, -0.05) is 12.2 Å². The normalized spacial score (nSPS) is 27.1. The number of allylic oxidation sites excluding steroid dienone is 4. The third kappa shape index (κ3) is 0.826. The van der Waals surface area contributed by atoms with E-state index in [2.05, 4.69) is 0 Å². The molecule has 9 heavy (non-hydrogen) atoms. The summed E-state index contributed by atoms with van der Waals surface area (Å²) in [7, 11) is 0. The second-order valence-corrected chi connectivity index (χ2v) is 2.13. The number of hydrogen-bond donors (Lipinski definition) is 0. The molecule has 1 fully saturated rings. The van der Waals surface area contributed by atoms with E-state index in [1.807, 2.05) is 26.0 Å². The van der Waals surface area contributed by atoms with E-state index in [0.29, 0.717) is 0 Å². The molecule has 0 unspecified atom stereocenters. The molecule has 1 rings (SSSR count). The van der Waals surface area contributed by atoms with E-state index in [1.54, 1.807) is 0 Å². The average Bonchev–Trinajstić information content (AvgIpc) is 1.87. The van der Waals surface area contributed by atoms with Gasteiger partial charge in [0.15, 0.2) is 5.78 Å². The summed E-state index contributed by atoms with van der Waals surface area (Å²) >= 11 is 0. The summed E-state index contributed by atoms with van der Waals surface area (Å²) in [5.74, 6) is 0.236. The molecule has 0 spiro atoms. The second kappa shape index (κ2) is 2.18. The average molecular weight is 122 g/mol. The van der Waals surface area contributed by atoms with Gasteiger partial charge in [0.25, 0.3) is 0 Å². The van der Waals surface area contributed by atoms with E-state index < -0.39 is 0 Å². The standard InChI is InChI=1S/C8H10O/c1-3-6-5-7(4-2)8(6)9/h3-4H,5H2,1-2H3/b6-3+,7-4+. The molecule has 1 saturated carbocycles. The topological polar surface area (TPSA) is 17.1 Å². The molecule has 1 aliphatic rings. The van der Waals surface area contributed by atoms with Gasteiger partial charge in [0, 0.05) is 6.42 Å². The molecule has 0 radical (unpaired) electrons. The van der Waals surface area contributed by atoms with Crippen LogP contribution >= 0.6 is 0 Å². The van der Waals surface area contributed by atoms with Crippen LogP contribution in [0.1, 0.15) is 20.3 Å². The van der Waals surface area contributed by atoms with Gasteiger partial charge in [-0.25, -0.2) is 0 Å². The van der Waals surface area contributed by atoms with Gasteiger partial charge in [-0.3, -0.25) is 4.79 Å². The Balaban J connectivity index is 2.74. The van der Waals surface area contributed by atoms with Crippen molar-refractivity contribution >= 4 is 5.78 Å². The monoisotopic (exact) mass is 122 g/mol. The Morgan fingerprint density at radius 1 is 1.22 bits per heavy atom. The highest BCUT2D eigenvalue weighted by molar-refractivity contribution is 6.15. The van der Waals surface area contributed by atoms with E-state index >= 15 is 0 Å². The van der Waals surface area contributed by atoms with Crippen LogP contribution in [0.5, 0.6) is 0 Å². The minimum absolute atomic E-state index is 0.236. The first-order valence-corrected chi connectivity index (χ1v) is 3.14. The summed E-state index contributed by atoms with van der Waals surface area (Å²) in [5.41, 5.74) is 1.92. The van der Waals surface area contributed by atoms with Crippen LogP contribution in [0.15, 0.2) is 23.3 Å². The van der Waals surface area contributed by atoms with Crippen LogP contribution in [0.2, 0.25) is 0 Å². The molecule has 0 bridgehead atoms. The molecule has 0 saturated heterocycles. The fourth-order valence-corrected chi connectivity index (χ4v) is 0.932. The van der Waals surface area contributed by atoms with Crippen molar-refractivity contribution in [2.45, 2.75) is 20.3 Å². The lowest BCUT2D eigenvalue weighted by Gasteiger charge is -2.18. The zero-order valence-corrected chi connectivity index (χ0v) is 5.77. The van der Waals surface area contributed by atoms with E-state index in [1.165, 1.54) is 0 Å². The fourth-order valence-electron chi connectivity index (χ4n) is 0.932. The van der Waals surface area contributed by atoms with Crippen LogP contribution in [0, 0.1) is 0 Å². The molecule has 0 aromatic rings. The summed E-state index contributed by atoms with van der Waals surface area (Å²) in [6, 6.07) is 0. The minimum Gasteiger partial charge on any atom is -0.289 e. The highest BCUT2D eigenvalue weighted by Crippen LogP contribution is 2.27. The summed E-state index contributed by atoms with van der Waals surface area (Å²) < 4.78 is 0. The van der Waals surface area contributed by atoms with Crippen LogP contribution in [-0.2, 0) is 4.79 Å². The predicted octanol–water partition coefficient (Wildman–Crippen LogP) is 1.85. The summed E-state index contributed by atoms with van der Waals surface area (Å²) in [6.07, 6.45) is 4.65. The lowest BCUT2D eigenvalue weighted by atomic mass is 9.84. The van der Waals surface area contributed by atoms with Crippen molar-refractivity contribution in [2.75, 3.05) is 0 Å². The van der Waals surface area contributed by atoms with Crippen LogP contribution in [0.4, 0.5) is 0 Å². The van der Waals surface area contributed by atoms with Crippen molar-refractivity contribution in [1.29, 1.82) is 0 Å². The Kier molecular flexibility index (Phi) is 1.52. The number of carbonyl (C=O) groups excluding carboxylic acids is 1. The van der Waals surface area contributed by atoms with Gasteiger partial charge in [0.05, 0.1) is 0 Å². The molecule has 0 atom stereocenters. The van der Waals surface area contributed by atoms with Crippen molar-refractivity contribution in [3.05, 3.63) is 23.3 Å². The summed E-state index contributed by atoms with van der Waals surface area (Å²) in [4.78, 5) is 10.9. The maximum Gasteiger partial charge on any atom is 0.185 e. The van der Waals surface area contributed by atoms with Gasteiger partial charge in [0.2, 0.25) is 0 Å². The Morgan fingerprint density at radius 3 is 1.89 bits per heavy atom. The molecule has 0 N–H and O–H groups in total. The molecule has 0 aromatic carbocycles. The van der Waals surface area contributed by atoms with Gasteiger partial charge < -0.3 is 0 Å². The maximum absolute atomic E-state index is 10.9. The smallest absolute Gasteiger partial charge is 0.185 e. The number of rotatable bonds is 0. The zero-order valence-electron chi connectivity index (χ0n) is 5.77. The summed E-state index contributed by atoms with van der Waals surface area (Å²) in [5, 5.41) is 0. The number of ketones is 1. The molecule has 0 aliphatic heterocycles. The van der Waals surface area contributed by atoms with Crippen LogP contribution in [-0.4, -0.2) is 5.78 Å². The van der Waals surface area contributed by atoms with Crippen LogP contribution in [0.3, 0.4) is 0 Å². The first-order chi connectivity index (χ1) is 4.29. The third-order valence-electron chi connectivity index (χ3n) is 1.66. The molecule has 1 aliphatic carbocycles. The van der Waals surface area contributed by atoms with E-state index in [-0.39, 0.29) is 5.78 Å². The molecule has 0 amide bonds. The first kappa shape index (κ1) is 6.27. The van der Waals surface area contributed by atoms with Gasteiger partial charge in [-0.2, -0.15) is 0 Å².